The van der Waals surface area contributed by atoms with Gasteiger partial charge in [0.25, 0.3) is 0 Å². The molecule has 0 aromatic heterocycles. The number of nitrogens with one attached hydrogen (secondary N) is 1. The van der Waals surface area contributed by atoms with Gasteiger partial charge >= 0.3 is 0 Å². The van der Waals surface area contributed by atoms with Gasteiger partial charge < -0.3 is 5.32 Å². The summed E-state index contributed by atoms with van der Waals surface area (Å²) >= 11 is 12.3. The van der Waals surface area contributed by atoms with Crippen molar-refractivity contribution in [2.24, 2.45) is 0 Å². The molecule has 1 aromatic carbocycles. The second kappa shape index (κ2) is 7.16. The maximum atomic E-state index is 6.13. The molecule has 1 unspecified atom stereocenters. The zero-order valence-electron chi connectivity index (χ0n) is 9.89. The van der Waals surface area contributed by atoms with Crippen molar-refractivity contribution in [3.63, 3.8) is 0 Å². The highest BCUT2D eigenvalue weighted by Gasteiger charge is 2.09. The van der Waals surface area contributed by atoms with Gasteiger partial charge in [-0.15, -0.1) is 0 Å². The van der Waals surface area contributed by atoms with E-state index in [1.807, 2.05) is 18.2 Å². The van der Waals surface area contributed by atoms with Gasteiger partial charge in [0.15, 0.2) is 0 Å². The van der Waals surface area contributed by atoms with E-state index in [0.29, 0.717) is 6.04 Å². The third-order valence-corrected chi connectivity index (χ3v) is 3.50. The molecule has 3 heteroatoms. The van der Waals surface area contributed by atoms with Gasteiger partial charge in [0.2, 0.25) is 0 Å². The summed E-state index contributed by atoms with van der Waals surface area (Å²) in [4.78, 5) is 0. The minimum absolute atomic E-state index is 0.553. The molecule has 1 aromatic rings. The van der Waals surface area contributed by atoms with E-state index in [9.17, 15) is 0 Å². The van der Waals surface area contributed by atoms with Crippen LogP contribution in [0, 0.1) is 0 Å². The summed E-state index contributed by atoms with van der Waals surface area (Å²) in [6.45, 7) is 5.33. The molecule has 0 aliphatic carbocycles. The molecule has 0 radical (unpaired) electrons. The molecule has 0 amide bonds. The summed E-state index contributed by atoms with van der Waals surface area (Å²) in [5, 5.41) is 5.01. The van der Waals surface area contributed by atoms with Crippen LogP contribution in [0.4, 0.5) is 0 Å². The highest BCUT2D eigenvalue weighted by Crippen LogP contribution is 2.26. The second-order valence-corrected chi connectivity index (χ2v) is 4.72. The van der Waals surface area contributed by atoms with E-state index >= 15 is 0 Å². The van der Waals surface area contributed by atoms with Crippen molar-refractivity contribution in [2.45, 2.75) is 39.2 Å². The maximum absolute atomic E-state index is 6.13. The Balaban J connectivity index is 2.59. The summed E-state index contributed by atoms with van der Waals surface area (Å²) < 4.78 is 0. The van der Waals surface area contributed by atoms with E-state index in [0.717, 1.165) is 41.4 Å². The molecule has 0 aliphatic heterocycles. The zero-order valence-corrected chi connectivity index (χ0v) is 11.4. The van der Waals surface area contributed by atoms with Crippen LogP contribution in [0.3, 0.4) is 0 Å². The van der Waals surface area contributed by atoms with Crippen molar-refractivity contribution in [3.8, 4) is 0 Å². The lowest BCUT2D eigenvalue weighted by atomic mass is 10.0. The van der Waals surface area contributed by atoms with E-state index in [-0.39, 0.29) is 0 Å². The van der Waals surface area contributed by atoms with Gasteiger partial charge in [-0.3, -0.25) is 0 Å². The fourth-order valence-corrected chi connectivity index (χ4v) is 2.42. The van der Waals surface area contributed by atoms with Crippen molar-refractivity contribution in [2.75, 3.05) is 6.54 Å². The number of hydrogen-bond donors (Lipinski definition) is 1. The molecule has 0 bridgehead atoms. The Bertz CT molecular complexity index is 305. The first-order chi connectivity index (χ1) is 7.69. The van der Waals surface area contributed by atoms with Crippen LogP contribution in [0.15, 0.2) is 18.2 Å². The van der Waals surface area contributed by atoms with Gasteiger partial charge in [0.1, 0.15) is 0 Å². The maximum Gasteiger partial charge on any atom is 0.0452 e. The zero-order chi connectivity index (χ0) is 12.0. The van der Waals surface area contributed by atoms with Gasteiger partial charge in [-0.2, -0.15) is 0 Å². The highest BCUT2D eigenvalue weighted by atomic mass is 35.5. The molecule has 16 heavy (non-hydrogen) atoms. The third kappa shape index (κ3) is 3.97. The molecule has 0 spiro atoms. The summed E-state index contributed by atoms with van der Waals surface area (Å²) in [6, 6.07) is 6.24. The monoisotopic (exact) mass is 259 g/mol. The van der Waals surface area contributed by atoms with Crippen molar-refractivity contribution in [3.05, 3.63) is 33.8 Å². The number of benzene rings is 1. The Morgan fingerprint density at radius 3 is 2.31 bits per heavy atom. The van der Waals surface area contributed by atoms with Crippen LogP contribution in [0.1, 0.15) is 32.3 Å². The molecule has 1 rings (SSSR count). The first kappa shape index (κ1) is 13.8. The van der Waals surface area contributed by atoms with Crippen molar-refractivity contribution < 1.29 is 0 Å². The summed E-state index contributed by atoms with van der Waals surface area (Å²) in [5.41, 5.74) is 1.07. The van der Waals surface area contributed by atoms with Crippen LogP contribution >= 0.6 is 23.2 Å². The first-order valence-corrected chi connectivity index (χ1v) is 6.60. The van der Waals surface area contributed by atoms with Crippen LogP contribution in [-0.2, 0) is 6.42 Å². The molecule has 0 saturated carbocycles. The minimum atomic E-state index is 0.553. The van der Waals surface area contributed by atoms with Gasteiger partial charge in [-0.05, 0) is 43.5 Å². The quantitative estimate of drug-likeness (QED) is 0.803. The van der Waals surface area contributed by atoms with E-state index in [2.05, 4.69) is 19.2 Å². The molecule has 0 fully saturated rings. The largest absolute Gasteiger partial charge is 0.314 e. The lowest BCUT2D eigenvalue weighted by molar-refractivity contribution is 0.481. The standard InChI is InChI=1S/C13H19Cl2N/c1-3-10(16-4-2)8-9-11-12(14)6-5-7-13(11)15/h5-7,10,16H,3-4,8-9H2,1-2H3. The average molecular weight is 260 g/mol. The molecule has 1 atom stereocenters. The van der Waals surface area contributed by atoms with E-state index in [4.69, 9.17) is 23.2 Å². The Labute approximate surface area is 108 Å². The normalized spacial score (nSPS) is 12.8. The Morgan fingerprint density at radius 1 is 1.19 bits per heavy atom. The van der Waals surface area contributed by atoms with Crippen molar-refractivity contribution in [1.29, 1.82) is 0 Å². The van der Waals surface area contributed by atoms with Gasteiger partial charge in [0, 0.05) is 16.1 Å². The van der Waals surface area contributed by atoms with Crippen LogP contribution in [-0.4, -0.2) is 12.6 Å². The Hall–Kier alpha value is -0.240. The van der Waals surface area contributed by atoms with E-state index in [1.165, 1.54) is 0 Å². The minimum Gasteiger partial charge on any atom is -0.314 e. The molecule has 0 saturated heterocycles. The predicted octanol–water partition coefficient (Wildman–Crippen LogP) is 4.31. The predicted molar refractivity (Wildman–Crippen MR) is 72.5 cm³/mol. The Morgan fingerprint density at radius 2 is 1.81 bits per heavy atom. The fourth-order valence-electron chi connectivity index (χ4n) is 1.83. The lowest BCUT2D eigenvalue weighted by Gasteiger charge is -2.16. The first-order valence-electron chi connectivity index (χ1n) is 5.85. The number of hydrogen-bond acceptors (Lipinski definition) is 1. The molecular weight excluding hydrogens is 241 g/mol. The number of halogens is 2. The van der Waals surface area contributed by atoms with Gasteiger partial charge in [-0.25, -0.2) is 0 Å². The summed E-state index contributed by atoms with van der Waals surface area (Å²) in [5.74, 6) is 0. The fraction of sp³-hybridized carbons (Fsp3) is 0.538. The number of rotatable bonds is 6. The molecule has 1 N–H and O–H groups in total. The highest BCUT2D eigenvalue weighted by molar-refractivity contribution is 6.35. The van der Waals surface area contributed by atoms with Gasteiger partial charge in [-0.1, -0.05) is 43.1 Å². The molecular formula is C13H19Cl2N. The van der Waals surface area contributed by atoms with Crippen LogP contribution in [0.2, 0.25) is 10.0 Å². The molecule has 0 heterocycles. The van der Waals surface area contributed by atoms with Crippen LogP contribution in [0.5, 0.6) is 0 Å². The van der Waals surface area contributed by atoms with Crippen molar-refractivity contribution in [1.82, 2.24) is 5.32 Å². The molecule has 0 aliphatic rings. The lowest BCUT2D eigenvalue weighted by Crippen LogP contribution is -2.28. The molecule has 90 valence electrons. The smallest absolute Gasteiger partial charge is 0.0452 e. The van der Waals surface area contributed by atoms with Crippen LogP contribution < -0.4 is 5.32 Å². The molecule has 1 nitrogen and oxygen atoms in total. The average Bonchev–Trinajstić information content (AvgIpc) is 2.27. The Kier molecular flexibility index (Phi) is 6.18. The second-order valence-electron chi connectivity index (χ2n) is 3.90. The van der Waals surface area contributed by atoms with Gasteiger partial charge in [0.05, 0.1) is 0 Å². The van der Waals surface area contributed by atoms with E-state index < -0.39 is 0 Å². The van der Waals surface area contributed by atoms with Crippen molar-refractivity contribution >= 4 is 23.2 Å². The third-order valence-electron chi connectivity index (χ3n) is 2.79. The summed E-state index contributed by atoms with van der Waals surface area (Å²) in [7, 11) is 0. The summed E-state index contributed by atoms with van der Waals surface area (Å²) in [6.07, 6.45) is 3.15. The SMILES string of the molecule is CCNC(CC)CCc1c(Cl)cccc1Cl. The topological polar surface area (TPSA) is 12.0 Å². The van der Waals surface area contributed by atoms with E-state index in [1.54, 1.807) is 0 Å². The van der Waals surface area contributed by atoms with Crippen LogP contribution in [0.25, 0.3) is 0 Å².